The molecule has 0 aliphatic carbocycles. The van der Waals surface area contributed by atoms with Gasteiger partial charge in [-0.3, -0.25) is 9.48 Å². The molecule has 6 nitrogen and oxygen atoms in total. The van der Waals surface area contributed by atoms with E-state index in [1.807, 2.05) is 6.92 Å². The number of amides is 1. The predicted molar refractivity (Wildman–Crippen MR) is 46.4 cm³/mol. The summed E-state index contributed by atoms with van der Waals surface area (Å²) < 4.78 is 1.65. The van der Waals surface area contributed by atoms with E-state index in [0.717, 1.165) is 6.54 Å². The molecule has 72 valence electrons. The van der Waals surface area contributed by atoms with Gasteiger partial charge in [-0.2, -0.15) is 0 Å². The third kappa shape index (κ3) is 2.51. The van der Waals surface area contributed by atoms with Crippen LogP contribution in [0.5, 0.6) is 0 Å². The minimum atomic E-state index is -0.446. The summed E-state index contributed by atoms with van der Waals surface area (Å²) in [6, 6.07) is -0.446. The lowest BCUT2D eigenvalue weighted by atomic mass is 10.1. The van der Waals surface area contributed by atoms with Gasteiger partial charge in [0.25, 0.3) is 0 Å². The summed E-state index contributed by atoms with van der Waals surface area (Å²) in [7, 11) is 0. The van der Waals surface area contributed by atoms with Crippen molar-refractivity contribution >= 4 is 5.91 Å². The van der Waals surface area contributed by atoms with Gasteiger partial charge < -0.3 is 11.5 Å². The van der Waals surface area contributed by atoms with E-state index in [1.54, 1.807) is 10.9 Å². The molecule has 1 amide bonds. The molecule has 1 aromatic rings. The first kappa shape index (κ1) is 9.66. The minimum absolute atomic E-state index is 0.0996. The summed E-state index contributed by atoms with van der Waals surface area (Å²) in [5.41, 5.74) is 11.2. The zero-order valence-corrected chi connectivity index (χ0v) is 7.47. The van der Waals surface area contributed by atoms with E-state index >= 15 is 0 Å². The molecule has 0 aliphatic heterocycles. The summed E-state index contributed by atoms with van der Waals surface area (Å²) in [6.45, 7) is 2.67. The van der Waals surface area contributed by atoms with Crippen molar-refractivity contribution in [3.05, 3.63) is 11.9 Å². The average Bonchev–Trinajstić information content (AvgIpc) is 2.50. The highest BCUT2D eigenvalue weighted by Gasteiger charge is 2.12. The molecule has 1 atom stereocenters. The van der Waals surface area contributed by atoms with Crippen molar-refractivity contribution in [3.8, 4) is 0 Å². The molecule has 4 N–H and O–H groups in total. The van der Waals surface area contributed by atoms with Crippen molar-refractivity contribution in [2.45, 2.75) is 25.9 Å². The standard InChI is InChI=1S/C7H13N5O/c1-2-12-4-6(10-11-12)5(8)3-7(9)13/h4-5H,2-3,8H2,1H3,(H2,9,13)/t5-/m0/s1. The Hall–Kier alpha value is -1.43. The summed E-state index contributed by atoms with van der Waals surface area (Å²) >= 11 is 0. The van der Waals surface area contributed by atoms with Crippen LogP contribution in [-0.2, 0) is 11.3 Å². The third-order valence-electron chi connectivity index (χ3n) is 1.68. The smallest absolute Gasteiger partial charge is 0.219 e. The first-order valence-corrected chi connectivity index (χ1v) is 4.07. The first-order valence-electron chi connectivity index (χ1n) is 4.07. The number of carbonyl (C=O) groups is 1. The second-order valence-electron chi connectivity index (χ2n) is 2.78. The summed E-state index contributed by atoms with van der Waals surface area (Å²) in [5, 5.41) is 7.62. The number of carbonyl (C=O) groups excluding carboxylic acids is 1. The Labute approximate surface area is 75.9 Å². The quantitative estimate of drug-likeness (QED) is 0.636. The normalized spacial score (nSPS) is 12.8. The molecule has 0 saturated heterocycles. The summed E-state index contributed by atoms with van der Waals surface area (Å²) in [4.78, 5) is 10.5. The van der Waals surface area contributed by atoms with Crippen molar-refractivity contribution in [2.75, 3.05) is 0 Å². The number of nitrogens with zero attached hydrogens (tertiary/aromatic N) is 3. The lowest BCUT2D eigenvalue weighted by Crippen LogP contribution is -2.20. The highest BCUT2D eigenvalue weighted by Crippen LogP contribution is 2.08. The fourth-order valence-electron chi connectivity index (χ4n) is 0.959. The van der Waals surface area contributed by atoms with E-state index in [2.05, 4.69) is 10.3 Å². The fraction of sp³-hybridized carbons (Fsp3) is 0.571. The number of nitrogens with two attached hydrogens (primary N) is 2. The maximum Gasteiger partial charge on any atom is 0.219 e. The van der Waals surface area contributed by atoms with E-state index < -0.39 is 11.9 Å². The van der Waals surface area contributed by atoms with Gasteiger partial charge in [0.2, 0.25) is 5.91 Å². The van der Waals surface area contributed by atoms with Crippen LogP contribution in [0.4, 0.5) is 0 Å². The summed E-state index contributed by atoms with van der Waals surface area (Å²) in [6.07, 6.45) is 1.82. The Kier molecular flexibility index (Phi) is 2.97. The molecule has 0 unspecified atom stereocenters. The van der Waals surface area contributed by atoms with Gasteiger partial charge in [-0.15, -0.1) is 5.10 Å². The Morgan fingerprint density at radius 2 is 2.46 bits per heavy atom. The van der Waals surface area contributed by atoms with Gasteiger partial charge >= 0.3 is 0 Å². The third-order valence-corrected chi connectivity index (χ3v) is 1.68. The van der Waals surface area contributed by atoms with E-state index in [1.165, 1.54) is 0 Å². The number of aryl methyl sites for hydroxylation is 1. The van der Waals surface area contributed by atoms with Crippen LogP contribution in [0.1, 0.15) is 25.1 Å². The van der Waals surface area contributed by atoms with E-state index in [-0.39, 0.29) is 6.42 Å². The highest BCUT2D eigenvalue weighted by molar-refractivity contribution is 5.74. The molecule has 1 rings (SSSR count). The molecule has 0 saturated carbocycles. The molecule has 0 fully saturated rings. The zero-order chi connectivity index (χ0) is 9.84. The highest BCUT2D eigenvalue weighted by atomic mass is 16.1. The zero-order valence-electron chi connectivity index (χ0n) is 7.47. The van der Waals surface area contributed by atoms with E-state index in [9.17, 15) is 4.79 Å². The van der Waals surface area contributed by atoms with Crippen LogP contribution in [0.15, 0.2) is 6.20 Å². The van der Waals surface area contributed by atoms with Gasteiger partial charge in [0.1, 0.15) is 0 Å². The number of primary amides is 1. The average molecular weight is 183 g/mol. The monoisotopic (exact) mass is 183 g/mol. The van der Waals surface area contributed by atoms with Gasteiger partial charge in [-0.05, 0) is 6.92 Å². The maximum atomic E-state index is 10.5. The largest absolute Gasteiger partial charge is 0.370 e. The van der Waals surface area contributed by atoms with Crippen molar-refractivity contribution in [2.24, 2.45) is 11.5 Å². The lowest BCUT2D eigenvalue weighted by molar-refractivity contribution is -0.118. The van der Waals surface area contributed by atoms with Crippen LogP contribution < -0.4 is 11.5 Å². The minimum Gasteiger partial charge on any atom is -0.370 e. The molecule has 0 radical (unpaired) electrons. The Morgan fingerprint density at radius 3 is 2.92 bits per heavy atom. The van der Waals surface area contributed by atoms with Crippen molar-refractivity contribution in [1.82, 2.24) is 15.0 Å². The Morgan fingerprint density at radius 1 is 1.77 bits per heavy atom. The predicted octanol–water partition coefficient (Wildman–Crippen LogP) is -0.827. The number of rotatable bonds is 4. The van der Waals surface area contributed by atoms with E-state index in [0.29, 0.717) is 5.69 Å². The molecule has 1 heterocycles. The van der Waals surface area contributed by atoms with Crippen molar-refractivity contribution in [1.29, 1.82) is 0 Å². The van der Waals surface area contributed by atoms with Gasteiger partial charge in [-0.1, -0.05) is 5.21 Å². The molecular weight excluding hydrogens is 170 g/mol. The van der Waals surface area contributed by atoms with Crippen LogP contribution in [0, 0.1) is 0 Å². The number of aromatic nitrogens is 3. The second kappa shape index (κ2) is 3.99. The molecule has 0 aromatic carbocycles. The molecule has 0 bridgehead atoms. The van der Waals surface area contributed by atoms with Crippen molar-refractivity contribution < 1.29 is 4.79 Å². The topological polar surface area (TPSA) is 99.8 Å². The molecule has 0 spiro atoms. The Bertz CT molecular complexity index is 295. The fourth-order valence-corrected chi connectivity index (χ4v) is 0.959. The number of hydrogen-bond acceptors (Lipinski definition) is 4. The van der Waals surface area contributed by atoms with Gasteiger partial charge in [0.05, 0.1) is 17.9 Å². The van der Waals surface area contributed by atoms with Gasteiger partial charge in [0, 0.05) is 13.0 Å². The summed E-state index contributed by atoms with van der Waals surface area (Å²) in [5.74, 6) is -0.432. The second-order valence-corrected chi connectivity index (χ2v) is 2.78. The van der Waals surface area contributed by atoms with Gasteiger partial charge in [0.15, 0.2) is 0 Å². The van der Waals surface area contributed by atoms with Gasteiger partial charge in [-0.25, -0.2) is 0 Å². The van der Waals surface area contributed by atoms with Crippen LogP contribution in [0.2, 0.25) is 0 Å². The van der Waals surface area contributed by atoms with Crippen LogP contribution in [0.3, 0.4) is 0 Å². The maximum absolute atomic E-state index is 10.5. The molecule has 6 heteroatoms. The lowest BCUT2D eigenvalue weighted by Gasteiger charge is -2.03. The SMILES string of the molecule is CCn1cc([C@@H](N)CC(N)=O)nn1. The molecular formula is C7H13N5O. The van der Waals surface area contributed by atoms with E-state index in [4.69, 9.17) is 11.5 Å². The molecule has 0 aliphatic rings. The molecule has 13 heavy (non-hydrogen) atoms. The van der Waals surface area contributed by atoms with Crippen LogP contribution in [-0.4, -0.2) is 20.9 Å². The number of hydrogen-bond donors (Lipinski definition) is 2. The molecule has 1 aromatic heterocycles. The Balaban J connectivity index is 2.65. The van der Waals surface area contributed by atoms with Crippen LogP contribution >= 0.6 is 0 Å². The van der Waals surface area contributed by atoms with Crippen molar-refractivity contribution in [3.63, 3.8) is 0 Å². The first-order chi connectivity index (χ1) is 6.13. The van der Waals surface area contributed by atoms with Crippen LogP contribution in [0.25, 0.3) is 0 Å².